The van der Waals surface area contributed by atoms with Crippen molar-refractivity contribution in [1.82, 2.24) is 9.97 Å². The van der Waals surface area contributed by atoms with Gasteiger partial charge in [0.15, 0.2) is 0 Å². The minimum atomic E-state index is 0.167. The molecule has 1 heterocycles. The van der Waals surface area contributed by atoms with E-state index in [1.165, 1.54) is 5.56 Å². The molecule has 2 N–H and O–H groups in total. The van der Waals surface area contributed by atoms with E-state index in [0.717, 1.165) is 40.9 Å². The molecule has 0 amide bonds. The van der Waals surface area contributed by atoms with E-state index < -0.39 is 0 Å². The highest BCUT2D eigenvalue weighted by Gasteiger charge is 2.08. The van der Waals surface area contributed by atoms with Crippen LogP contribution in [0.2, 0.25) is 0 Å². The molecule has 0 bridgehead atoms. The molecule has 1 atom stereocenters. The Morgan fingerprint density at radius 1 is 1.25 bits per heavy atom. The maximum Gasteiger partial charge on any atom is 0.133 e. The van der Waals surface area contributed by atoms with E-state index in [9.17, 15) is 0 Å². The predicted molar refractivity (Wildman–Crippen MR) is 85.7 cm³/mol. The van der Waals surface area contributed by atoms with Crippen LogP contribution in [0.3, 0.4) is 0 Å². The number of nitrogens with two attached hydrogens (primary N) is 1. The van der Waals surface area contributed by atoms with Crippen LogP contribution in [0.4, 0.5) is 0 Å². The normalized spacial score (nSPS) is 12.4. The van der Waals surface area contributed by atoms with Crippen LogP contribution in [0.5, 0.6) is 0 Å². The third-order valence-corrected chi connectivity index (χ3v) is 4.03. The second-order valence-electron chi connectivity index (χ2n) is 5.06. The Morgan fingerprint density at radius 2 is 2.00 bits per heavy atom. The maximum atomic E-state index is 6.01. The van der Waals surface area contributed by atoms with Gasteiger partial charge in [0.25, 0.3) is 0 Å². The Kier molecular flexibility index (Phi) is 5.26. The van der Waals surface area contributed by atoms with Crippen LogP contribution in [0.15, 0.2) is 34.8 Å². The topological polar surface area (TPSA) is 51.8 Å². The van der Waals surface area contributed by atoms with Gasteiger partial charge in [-0.1, -0.05) is 41.1 Å². The quantitative estimate of drug-likeness (QED) is 0.912. The molecule has 20 heavy (non-hydrogen) atoms. The van der Waals surface area contributed by atoms with Crippen molar-refractivity contribution >= 4 is 15.9 Å². The SMILES string of the molecule is CCC(N)Cc1cc(C)nc(Cc2ccccc2Br)n1. The molecule has 0 radical (unpaired) electrons. The highest BCUT2D eigenvalue weighted by Crippen LogP contribution is 2.18. The summed E-state index contributed by atoms with van der Waals surface area (Å²) in [6.07, 6.45) is 2.50. The van der Waals surface area contributed by atoms with Gasteiger partial charge in [0.05, 0.1) is 0 Å². The lowest BCUT2D eigenvalue weighted by Crippen LogP contribution is -2.22. The first-order valence-electron chi connectivity index (χ1n) is 6.91. The van der Waals surface area contributed by atoms with Crippen LogP contribution in [-0.2, 0) is 12.8 Å². The molecule has 2 aromatic rings. The molecule has 0 saturated heterocycles. The third-order valence-electron chi connectivity index (χ3n) is 3.26. The van der Waals surface area contributed by atoms with Crippen LogP contribution in [0.25, 0.3) is 0 Å². The summed E-state index contributed by atoms with van der Waals surface area (Å²) < 4.78 is 1.09. The van der Waals surface area contributed by atoms with Crippen molar-refractivity contribution in [3.8, 4) is 0 Å². The summed E-state index contributed by atoms with van der Waals surface area (Å²) in [7, 11) is 0. The Morgan fingerprint density at radius 3 is 2.70 bits per heavy atom. The average Bonchev–Trinajstić information content (AvgIpc) is 2.40. The summed E-state index contributed by atoms with van der Waals surface area (Å²) in [4.78, 5) is 9.18. The van der Waals surface area contributed by atoms with E-state index in [1.807, 2.05) is 31.2 Å². The zero-order chi connectivity index (χ0) is 14.5. The van der Waals surface area contributed by atoms with Crippen molar-refractivity contribution in [2.45, 2.75) is 39.2 Å². The standard InChI is InChI=1S/C16H20BrN3/c1-3-13(18)10-14-8-11(2)19-16(20-14)9-12-6-4-5-7-15(12)17/h4-8,13H,3,9-10,18H2,1-2H3. The molecule has 0 aliphatic carbocycles. The van der Waals surface area contributed by atoms with E-state index in [2.05, 4.69) is 38.9 Å². The predicted octanol–water partition coefficient (Wildman–Crippen LogP) is 3.42. The van der Waals surface area contributed by atoms with Crippen LogP contribution in [0.1, 0.15) is 36.1 Å². The van der Waals surface area contributed by atoms with Crippen molar-refractivity contribution < 1.29 is 0 Å². The lowest BCUT2D eigenvalue weighted by molar-refractivity contribution is 0.632. The molecule has 1 unspecified atom stereocenters. The monoisotopic (exact) mass is 333 g/mol. The van der Waals surface area contributed by atoms with Crippen LogP contribution < -0.4 is 5.73 Å². The van der Waals surface area contributed by atoms with Gasteiger partial charge in [-0.05, 0) is 31.0 Å². The molecule has 1 aromatic heterocycles. The van der Waals surface area contributed by atoms with Crippen LogP contribution >= 0.6 is 15.9 Å². The first-order valence-corrected chi connectivity index (χ1v) is 7.70. The maximum absolute atomic E-state index is 6.01. The molecule has 3 nitrogen and oxygen atoms in total. The average molecular weight is 334 g/mol. The molecule has 0 spiro atoms. The number of rotatable bonds is 5. The molecule has 0 aliphatic heterocycles. The lowest BCUT2D eigenvalue weighted by atomic mass is 10.1. The van der Waals surface area contributed by atoms with Gasteiger partial charge in [0, 0.05) is 34.7 Å². The van der Waals surface area contributed by atoms with Gasteiger partial charge in [-0.3, -0.25) is 0 Å². The third kappa shape index (κ3) is 4.12. The second-order valence-corrected chi connectivity index (χ2v) is 5.91. The molecule has 0 fully saturated rings. The number of nitrogens with zero attached hydrogens (tertiary/aromatic N) is 2. The number of hydrogen-bond donors (Lipinski definition) is 1. The molecule has 4 heteroatoms. The summed E-state index contributed by atoms with van der Waals surface area (Å²) in [6, 6.07) is 10.4. The second kappa shape index (κ2) is 6.95. The van der Waals surface area contributed by atoms with Gasteiger partial charge in [0.2, 0.25) is 0 Å². The van der Waals surface area contributed by atoms with Crippen molar-refractivity contribution in [3.63, 3.8) is 0 Å². The molecule has 0 saturated carbocycles. The fraction of sp³-hybridized carbons (Fsp3) is 0.375. The van der Waals surface area contributed by atoms with Crippen molar-refractivity contribution in [2.24, 2.45) is 5.73 Å². The molecule has 106 valence electrons. The largest absolute Gasteiger partial charge is 0.327 e. The minimum absolute atomic E-state index is 0.167. The molecular weight excluding hydrogens is 314 g/mol. The minimum Gasteiger partial charge on any atom is -0.327 e. The highest BCUT2D eigenvalue weighted by atomic mass is 79.9. The van der Waals surface area contributed by atoms with Gasteiger partial charge in [-0.2, -0.15) is 0 Å². The van der Waals surface area contributed by atoms with Crippen molar-refractivity contribution in [3.05, 3.63) is 57.6 Å². The Bertz CT molecular complexity index is 584. The lowest BCUT2D eigenvalue weighted by Gasteiger charge is -2.10. The van der Waals surface area contributed by atoms with E-state index in [-0.39, 0.29) is 6.04 Å². The zero-order valence-electron chi connectivity index (χ0n) is 11.9. The fourth-order valence-corrected chi connectivity index (χ4v) is 2.53. The zero-order valence-corrected chi connectivity index (χ0v) is 13.5. The molecule has 2 rings (SSSR count). The van der Waals surface area contributed by atoms with Crippen molar-refractivity contribution in [1.29, 1.82) is 0 Å². The van der Waals surface area contributed by atoms with E-state index >= 15 is 0 Å². The fourth-order valence-electron chi connectivity index (χ4n) is 2.11. The number of aromatic nitrogens is 2. The summed E-state index contributed by atoms with van der Waals surface area (Å²) >= 11 is 3.57. The number of halogens is 1. The van der Waals surface area contributed by atoms with Gasteiger partial charge in [-0.15, -0.1) is 0 Å². The van der Waals surface area contributed by atoms with E-state index in [0.29, 0.717) is 0 Å². The summed E-state index contributed by atoms with van der Waals surface area (Å²) in [6.45, 7) is 4.10. The Labute approximate surface area is 128 Å². The number of benzene rings is 1. The summed E-state index contributed by atoms with van der Waals surface area (Å²) in [5.74, 6) is 0.857. The highest BCUT2D eigenvalue weighted by molar-refractivity contribution is 9.10. The molecule has 0 aliphatic rings. The van der Waals surface area contributed by atoms with Gasteiger partial charge in [-0.25, -0.2) is 9.97 Å². The molecule has 1 aromatic carbocycles. The van der Waals surface area contributed by atoms with Crippen LogP contribution in [0, 0.1) is 6.92 Å². The summed E-state index contributed by atoms with van der Waals surface area (Å²) in [5.41, 5.74) is 9.25. The van der Waals surface area contributed by atoms with E-state index in [1.54, 1.807) is 0 Å². The van der Waals surface area contributed by atoms with Gasteiger partial charge >= 0.3 is 0 Å². The number of hydrogen-bond acceptors (Lipinski definition) is 3. The van der Waals surface area contributed by atoms with Crippen molar-refractivity contribution in [2.75, 3.05) is 0 Å². The molecular formula is C16H20BrN3. The summed E-state index contributed by atoms with van der Waals surface area (Å²) in [5, 5.41) is 0. The van der Waals surface area contributed by atoms with E-state index in [4.69, 9.17) is 5.73 Å². The van der Waals surface area contributed by atoms with Gasteiger partial charge < -0.3 is 5.73 Å². The van der Waals surface area contributed by atoms with Gasteiger partial charge in [0.1, 0.15) is 5.82 Å². The Hall–Kier alpha value is -1.26. The Balaban J connectivity index is 2.22. The number of aryl methyl sites for hydroxylation is 1. The van der Waals surface area contributed by atoms with Crippen LogP contribution in [-0.4, -0.2) is 16.0 Å². The first-order chi connectivity index (χ1) is 9.58. The first kappa shape index (κ1) is 15.1. The smallest absolute Gasteiger partial charge is 0.133 e.